The van der Waals surface area contributed by atoms with Gasteiger partial charge in [0.05, 0.1) is 23.7 Å². The van der Waals surface area contributed by atoms with Gasteiger partial charge in [0.15, 0.2) is 5.82 Å². The van der Waals surface area contributed by atoms with Crippen molar-refractivity contribution < 1.29 is 22.4 Å². The highest BCUT2D eigenvalue weighted by Gasteiger charge is 2.49. The van der Waals surface area contributed by atoms with E-state index in [1.54, 1.807) is 12.3 Å². The lowest BCUT2D eigenvalue weighted by Gasteiger charge is -2.44. The Morgan fingerprint density at radius 2 is 1.86 bits per heavy atom. The van der Waals surface area contributed by atoms with Crippen molar-refractivity contribution in [1.29, 1.82) is 0 Å². The lowest BCUT2D eigenvalue weighted by Crippen LogP contribution is -2.59. The van der Waals surface area contributed by atoms with Crippen LogP contribution in [0, 0.1) is 11.8 Å². The van der Waals surface area contributed by atoms with E-state index in [0.29, 0.717) is 49.9 Å². The van der Waals surface area contributed by atoms with Crippen molar-refractivity contribution in [2.24, 2.45) is 11.8 Å². The second-order valence-corrected chi connectivity index (χ2v) is 9.45. The van der Waals surface area contributed by atoms with Crippen LogP contribution in [-0.2, 0) is 11.0 Å². The van der Waals surface area contributed by atoms with E-state index in [0.717, 1.165) is 12.3 Å². The lowest BCUT2D eigenvalue weighted by molar-refractivity contribution is -0.138. The first kappa shape index (κ1) is 23.1. The molecule has 190 valence electrons. The molecule has 5 heterocycles. The summed E-state index contributed by atoms with van der Waals surface area (Å²) >= 11 is 0. The number of amides is 1. The standard InChI is InChI=1S/C23H24F4N8O/c24-16-7-15(16)22(36)34-6-5-33(12-18(34)13-8-30-31-9-13)20-3-4-28-21(32-20)17-10-29-19-2-1-14(11-35(17)19)23(25,26)27/h1-4,10-11,13,15-16,18,30-31H,5-9,12H2/t15-,16+,18?/m1/s1. The molecule has 2 aliphatic heterocycles. The number of alkyl halides is 4. The van der Waals surface area contributed by atoms with E-state index in [4.69, 9.17) is 0 Å². The highest BCUT2D eigenvalue weighted by atomic mass is 19.4. The van der Waals surface area contributed by atoms with Gasteiger partial charge in [-0.3, -0.25) is 20.0 Å². The largest absolute Gasteiger partial charge is 0.417 e. The Balaban J connectivity index is 1.28. The summed E-state index contributed by atoms with van der Waals surface area (Å²) < 4.78 is 54.8. The number of aromatic nitrogens is 4. The molecular formula is C23H24F4N8O. The number of hydrogen-bond donors (Lipinski definition) is 2. The molecule has 9 nitrogen and oxygen atoms in total. The average Bonchev–Trinajstić information content (AvgIpc) is 3.26. The Bertz CT molecular complexity index is 1290. The zero-order valence-electron chi connectivity index (χ0n) is 19.1. The van der Waals surface area contributed by atoms with E-state index in [1.165, 1.54) is 16.7 Å². The van der Waals surface area contributed by atoms with Gasteiger partial charge in [-0.25, -0.2) is 19.3 Å². The van der Waals surface area contributed by atoms with Crippen molar-refractivity contribution in [3.8, 4) is 11.5 Å². The van der Waals surface area contributed by atoms with Crippen LogP contribution in [0.2, 0.25) is 0 Å². The molecule has 0 spiro atoms. The molecule has 6 rings (SSSR count). The summed E-state index contributed by atoms with van der Waals surface area (Å²) in [6.07, 6.45) is -1.25. The number of rotatable bonds is 4. The number of halogens is 4. The van der Waals surface area contributed by atoms with Crippen molar-refractivity contribution in [1.82, 2.24) is 35.1 Å². The number of imidazole rings is 1. The van der Waals surface area contributed by atoms with Crippen LogP contribution < -0.4 is 15.8 Å². The van der Waals surface area contributed by atoms with Gasteiger partial charge in [0.1, 0.15) is 23.3 Å². The van der Waals surface area contributed by atoms with E-state index < -0.39 is 23.8 Å². The zero-order valence-corrected chi connectivity index (χ0v) is 19.1. The van der Waals surface area contributed by atoms with Crippen LogP contribution in [0.1, 0.15) is 12.0 Å². The van der Waals surface area contributed by atoms with Crippen molar-refractivity contribution in [2.45, 2.75) is 24.8 Å². The Kier molecular flexibility index (Phi) is 5.56. The highest BCUT2D eigenvalue weighted by molar-refractivity contribution is 5.83. The molecule has 1 amide bonds. The van der Waals surface area contributed by atoms with Crippen LogP contribution in [0.15, 0.2) is 36.8 Å². The lowest BCUT2D eigenvalue weighted by atomic mass is 9.96. The molecule has 3 aromatic heterocycles. The fraction of sp³-hybridized carbons (Fsp3) is 0.478. The molecule has 1 unspecified atom stereocenters. The van der Waals surface area contributed by atoms with Crippen LogP contribution in [0.3, 0.4) is 0 Å². The molecule has 2 saturated heterocycles. The summed E-state index contributed by atoms with van der Waals surface area (Å²) in [6, 6.07) is 3.91. The average molecular weight is 504 g/mol. The Hall–Kier alpha value is -3.32. The van der Waals surface area contributed by atoms with Gasteiger partial charge in [0.2, 0.25) is 5.91 Å². The van der Waals surface area contributed by atoms with E-state index in [1.807, 2.05) is 9.80 Å². The summed E-state index contributed by atoms with van der Waals surface area (Å²) in [4.78, 5) is 29.9. The fourth-order valence-electron chi connectivity index (χ4n) is 5.04. The van der Waals surface area contributed by atoms with Gasteiger partial charge in [0, 0.05) is 51.0 Å². The molecule has 1 aliphatic carbocycles. The first-order valence-corrected chi connectivity index (χ1v) is 11.8. The molecular weight excluding hydrogens is 480 g/mol. The number of hydrogen-bond acceptors (Lipinski definition) is 7. The molecule has 36 heavy (non-hydrogen) atoms. The van der Waals surface area contributed by atoms with E-state index >= 15 is 0 Å². The first-order valence-electron chi connectivity index (χ1n) is 11.8. The Morgan fingerprint density at radius 3 is 2.58 bits per heavy atom. The second kappa shape index (κ2) is 8.66. The Morgan fingerprint density at radius 1 is 1.08 bits per heavy atom. The SMILES string of the molecule is O=C([C@@H]1C[C@@H]1F)N1CCN(c2ccnc(-c3cnc4ccc(C(F)(F)F)cn34)n2)CC1C1CNNC1. The molecule has 13 heteroatoms. The summed E-state index contributed by atoms with van der Waals surface area (Å²) in [6.45, 7) is 2.81. The minimum Gasteiger partial charge on any atom is -0.353 e. The minimum absolute atomic E-state index is 0.131. The summed E-state index contributed by atoms with van der Waals surface area (Å²) in [5.41, 5.74) is 6.11. The maximum atomic E-state index is 13.6. The van der Waals surface area contributed by atoms with Gasteiger partial charge in [-0.15, -0.1) is 0 Å². The van der Waals surface area contributed by atoms with Crippen LogP contribution in [-0.4, -0.2) is 75.1 Å². The van der Waals surface area contributed by atoms with Gasteiger partial charge >= 0.3 is 6.18 Å². The van der Waals surface area contributed by atoms with Gasteiger partial charge in [0.25, 0.3) is 0 Å². The topological polar surface area (TPSA) is 90.7 Å². The van der Waals surface area contributed by atoms with Crippen molar-refractivity contribution >= 4 is 17.4 Å². The molecule has 3 aliphatic rings. The maximum absolute atomic E-state index is 13.6. The number of carbonyl (C=O) groups is 1. The fourth-order valence-corrected chi connectivity index (χ4v) is 5.04. The second-order valence-electron chi connectivity index (χ2n) is 9.45. The number of anilines is 1. The summed E-state index contributed by atoms with van der Waals surface area (Å²) in [7, 11) is 0. The molecule has 1 saturated carbocycles. The monoisotopic (exact) mass is 504 g/mol. The number of hydrazine groups is 1. The maximum Gasteiger partial charge on any atom is 0.417 e. The smallest absolute Gasteiger partial charge is 0.353 e. The number of piperazine rings is 1. The molecule has 3 atom stereocenters. The Labute approximate surface area is 203 Å². The molecule has 2 N–H and O–H groups in total. The highest BCUT2D eigenvalue weighted by Crippen LogP contribution is 2.37. The van der Waals surface area contributed by atoms with Crippen LogP contribution in [0.5, 0.6) is 0 Å². The third kappa shape index (κ3) is 4.15. The first-order chi connectivity index (χ1) is 17.3. The zero-order chi connectivity index (χ0) is 25.0. The van der Waals surface area contributed by atoms with Gasteiger partial charge in [-0.1, -0.05) is 0 Å². The van der Waals surface area contributed by atoms with E-state index in [-0.39, 0.29) is 30.1 Å². The number of fused-ring (bicyclic) bond motifs is 1. The number of pyridine rings is 1. The van der Waals surface area contributed by atoms with Crippen molar-refractivity contribution in [3.63, 3.8) is 0 Å². The van der Waals surface area contributed by atoms with Crippen LogP contribution >= 0.6 is 0 Å². The quantitative estimate of drug-likeness (QED) is 0.525. The van der Waals surface area contributed by atoms with Crippen LogP contribution in [0.25, 0.3) is 17.2 Å². The van der Waals surface area contributed by atoms with Crippen molar-refractivity contribution in [3.05, 3.63) is 42.4 Å². The van der Waals surface area contributed by atoms with Gasteiger partial charge in [-0.05, 0) is 24.6 Å². The predicted octanol–water partition coefficient (Wildman–Crippen LogP) is 1.91. The third-order valence-electron chi connectivity index (χ3n) is 7.16. The van der Waals surface area contributed by atoms with Gasteiger partial charge < -0.3 is 9.80 Å². The molecule has 3 aromatic rings. The van der Waals surface area contributed by atoms with Gasteiger partial charge in [-0.2, -0.15) is 13.2 Å². The van der Waals surface area contributed by atoms with E-state index in [9.17, 15) is 22.4 Å². The number of carbonyl (C=O) groups excluding carboxylic acids is 1. The molecule has 0 radical (unpaired) electrons. The number of nitrogens with one attached hydrogen (secondary N) is 2. The predicted molar refractivity (Wildman–Crippen MR) is 121 cm³/mol. The number of nitrogens with zero attached hydrogens (tertiary/aromatic N) is 6. The normalized spacial score (nSPS) is 25.1. The summed E-state index contributed by atoms with van der Waals surface area (Å²) in [5.74, 6) is 0.330. The molecule has 0 bridgehead atoms. The summed E-state index contributed by atoms with van der Waals surface area (Å²) in [5, 5.41) is 0. The van der Waals surface area contributed by atoms with E-state index in [2.05, 4.69) is 25.8 Å². The molecule has 3 fully saturated rings. The van der Waals surface area contributed by atoms with Crippen molar-refractivity contribution in [2.75, 3.05) is 37.6 Å². The minimum atomic E-state index is -4.49. The molecule has 0 aromatic carbocycles. The third-order valence-corrected chi connectivity index (χ3v) is 7.16. The van der Waals surface area contributed by atoms with Crippen LogP contribution in [0.4, 0.5) is 23.4 Å².